The van der Waals surface area contributed by atoms with Gasteiger partial charge in [-0.25, -0.2) is 85.1 Å². The minimum Gasteiger partial charge on any atom is -0.505 e. The number of rotatable bonds is 18. The zero-order valence-electron chi connectivity index (χ0n) is 73.6. The van der Waals surface area contributed by atoms with E-state index >= 15 is 0 Å². The molecular weight excluding hydrogens is 2260 g/mol. The van der Waals surface area contributed by atoms with Gasteiger partial charge in [0.25, 0.3) is 56.0 Å². The molecule has 0 atom stereocenters. The lowest BCUT2D eigenvalue weighted by Crippen LogP contribution is -2.21. The monoisotopic (exact) mass is 2320 g/mol. The second-order valence-electron chi connectivity index (χ2n) is 31.6. The van der Waals surface area contributed by atoms with E-state index in [4.69, 9.17) is 161 Å². The predicted octanol–water partition coefficient (Wildman–Crippen LogP) is 27.7. The molecule has 0 spiro atoms. The highest BCUT2D eigenvalue weighted by molar-refractivity contribution is 7.91. The molecule has 19 aromatic rings. The number of aromatic hydroxyl groups is 3. The number of nitrogens with zero attached hydrogens (tertiary/aromatic N) is 6. The van der Waals surface area contributed by atoms with Crippen molar-refractivity contribution in [2.24, 2.45) is 0 Å². The van der Waals surface area contributed by atoms with Crippen LogP contribution < -0.4 is 0 Å². The van der Waals surface area contributed by atoms with Crippen LogP contribution in [-0.4, -0.2) is 135 Å². The van der Waals surface area contributed by atoms with Crippen molar-refractivity contribution in [2.75, 3.05) is 14.1 Å². The van der Waals surface area contributed by atoms with Gasteiger partial charge in [-0.05, 0) is 247 Å². The Bertz CT molecular complexity index is 9210. The first-order valence-corrected chi connectivity index (χ1v) is 53.4. The molecule has 46 heteroatoms. The molecule has 0 saturated carbocycles. The van der Waals surface area contributed by atoms with Crippen molar-refractivity contribution in [1.29, 1.82) is 0 Å². The highest BCUT2D eigenvalue weighted by Gasteiger charge is 2.35. The lowest BCUT2D eigenvalue weighted by molar-refractivity contribution is 0.0681. The van der Waals surface area contributed by atoms with E-state index in [1.165, 1.54) is 142 Å². The molecule has 0 saturated heterocycles. The predicted molar refractivity (Wildman–Crippen MR) is 565 cm³/mol. The largest absolute Gasteiger partial charge is 0.505 e. The highest BCUT2D eigenvalue weighted by Crippen LogP contribution is 2.46. The molecule has 746 valence electrons. The molecule has 0 radical (unpaired) electrons. The summed E-state index contributed by atoms with van der Waals surface area (Å²) in [5.74, 6) is -8.60. The molecule has 0 aliphatic rings. The second-order valence-corrected chi connectivity index (χ2v) is 46.1. The first-order valence-electron chi connectivity index (χ1n) is 41.3. The van der Waals surface area contributed by atoms with Crippen LogP contribution >= 0.6 is 151 Å². The number of carbonyl (C=O) groups is 4. The molecule has 19 rings (SSSR count). The van der Waals surface area contributed by atoms with Gasteiger partial charge in [0, 0.05) is 108 Å². The topological polar surface area (TPSA) is 388 Å². The summed E-state index contributed by atoms with van der Waals surface area (Å²) in [6.45, 7) is 0. The standard InChI is InChI=1S/C23H17Cl3N2O4S.C21H12Cl3NO5S.C21H12Cl3NO4S.C20H12ClF2NO3S.C15H8Cl3NO4S/c1-27(2)23(30)14-5-3-13(4-6-14)20-10-15-9-16(24)7-8-19(15)28(20)33(31,32)21-12-17(25)11-18(26)22(21)29;22-14-5-6-17-13(7-14)8-18(11-1-3-12(4-2-11)21(27)28)25(17)31(29,30)19-10-15(23)9-16(24)20(19)26;22-15-5-6-19-14(7-15)8-20(12-1-3-13(4-2-12)21(26)27)25(19)30(28,29)18-10-16(23)9-17(24)11-18;21-14-6-7-17-13(8-14)9-18(12-4-2-1-3-5-12)24(17)28(26,27)19-11-15(22)10-16(23)20(19)25;16-9-1-2-13-8(3-9)4-14(15(20)21)19(13)24(22,23)12-6-10(17)5-11(18)7-12/h3-12,29H,1-2H3;1-10,26H,(H,27,28);1-11H,(H,26,27);1-11,25H;1-7H,(H,20,21). The maximum absolute atomic E-state index is 13.8. The van der Waals surface area contributed by atoms with Crippen LogP contribution in [0.15, 0.2) is 322 Å². The number of aromatic nitrogens is 5. The Hall–Kier alpha value is -12.6. The average Bonchev–Trinajstić information content (AvgIpc) is 1.57. The number of benzene rings is 14. The lowest BCUT2D eigenvalue weighted by atomic mass is 10.1. The molecule has 0 unspecified atom stereocenters. The Kier molecular flexibility index (Phi) is 31.5. The first-order chi connectivity index (χ1) is 68.7. The first kappa shape index (κ1) is 108. The number of hydrogen-bond donors (Lipinski definition) is 6. The fourth-order valence-corrected chi connectivity index (χ4v) is 27.0. The van der Waals surface area contributed by atoms with Crippen molar-refractivity contribution in [3.63, 3.8) is 0 Å². The third kappa shape index (κ3) is 22.1. The summed E-state index contributed by atoms with van der Waals surface area (Å²) in [6.07, 6.45) is 0. The van der Waals surface area contributed by atoms with Gasteiger partial charge >= 0.3 is 17.9 Å². The van der Waals surface area contributed by atoms with E-state index in [0.29, 0.717) is 120 Å². The number of amides is 1. The van der Waals surface area contributed by atoms with E-state index in [1.807, 2.05) is 0 Å². The van der Waals surface area contributed by atoms with Crippen molar-refractivity contribution < 1.29 is 101 Å². The van der Waals surface area contributed by atoms with E-state index < -0.39 is 117 Å². The number of phenolic OH excluding ortho intramolecular Hbond substituents is 3. The highest BCUT2D eigenvalue weighted by atomic mass is 35.5. The van der Waals surface area contributed by atoms with Gasteiger partial charge in [0.15, 0.2) is 23.1 Å². The van der Waals surface area contributed by atoms with Crippen LogP contribution in [0.2, 0.25) is 65.3 Å². The maximum atomic E-state index is 13.8. The SMILES string of the molecule is CN(C)C(=O)c1ccc(-c2cc3cc(Cl)ccc3n2S(=O)(=O)c2cc(Cl)cc(Cl)c2O)cc1.O=C(O)c1cc2cc(Cl)ccc2n1S(=O)(=O)c1cc(Cl)cc(Cl)c1.O=C(O)c1ccc(-c2cc3cc(Cl)ccc3n2S(=O)(=O)c2cc(Cl)cc(Cl)c2)cc1.O=C(O)c1ccc(-c2cc3cc(Cl)ccc3n2S(=O)(=O)c2cc(Cl)cc(Cl)c2O)cc1.O=S(=O)(c1cc(F)cc(F)c1O)n1c(-c2ccccc2)cc2cc(Cl)ccc21. The molecular formula is C100H61Cl13F2N6O20S5. The number of halogens is 15. The zero-order chi connectivity index (χ0) is 106. The van der Waals surface area contributed by atoms with Gasteiger partial charge in [0.05, 0.1) is 81.3 Å². The third-order valence-corrected chi connectivity index (χ3v) is 33.6. The van der Waals surface area contributed by atoms with E-state index in [0.717, 1.165) is 28.0 Å². The van der Waals surface area contributed by atoms with Crippen molar-refractivity contribution in [3.8, 4) is 62.3 Å². The van der Waals surface area contributed by atoms with Crippen LogP contribution in [-0.2, 0) is 50.1 Å². The molecule has 26 nitrogen and oxygen atoms in total. The Morgan fingerprint density at radius 1 is 0.267 bits per heavy atom. The molecule has 0 fully saturated rings. The molecule has 146 heavy (non-hydrogen) atoms. The maximum Gasteiger partial charge on any atom is 0.353 e. The summed E-state index contributed by atoms with van der Waals surface area (Å²) in [5, 5.41) is 63.4. The van der Waals surface area contributed by atoms with Gasteiger partial charge in [-0.2, -0.15) is 0 Å². The van der Waals surface area contributed by atoms with E-state index in [-0.39, 0.29) is 89.4 Å². The van der Waals surface area contributed by atoms with Crippen LogP contribution in [0.25, 0.3) is 99.5 Å². The molecule has 14 aromatic carbocycles. The second kappa shape index (κ2) is 42.7. The van der Waals surface area contributed by atoms with Crippen molar-refractivity contribution in [3.05, 3.63) is 397 Å². The molecule has 1 amide bonds. The van der Waals surface area contributed by atoms with Crippen LogP contribution in [0.5, 0.6) is 17.2 Å². The van der Waals surface area contributed by atoms with Gasteiger partial charge in [0.1, 0.15) is 26.2 Å². The van der Waals surface area contributed by atoms with Crippen molar-refractivity contribution >= 4 is 279 Å². The van der Waals surface area contributed by atoms with Gasteiger partial charge in [0.2, 0.25) is 0 Å². The zero-order valence-corrected chi connectivity index (χ0v) is 87.5. The summed E-state index contributed by atoms with van der Waals surface area (Å²) < 4.78 is 167. The Labute approximate surface area is 893 Å². The summed E-state index contributed by atoms with van der Waals surface area (Å²) in [6, 6.07) is 71.6. The Morgan fingerprint density at radius 3 is 0.849 bits per heavy atom. The summed E-state index contributed by atoms with van der Waals surface area (Å²) >= 11 is 78.0. The number of carboxylic acid groups (broad SMARTS) is 3. The summed E-state index contributed by atoms with van der Waals surface area (Å²) in [4.78, 5) is 45.5. The summed E-state index contributed by atoms with van der Waals surface area (Å²) in [5.41, 5.74) is 4.91. The number of carboxylic acids is 3. The normalized spacial score (nSPS) is 11.7. The van der Waals surface area contributed by atoms with Crippen LogP contribution in [0.4, 0.5) is 8.78 Å². The van der Waals surface area contributed by atoms with E-state index in [1.54, 1.807) is 154 Å². The minimum absolute atomic E-state index is 0.0354. The number of carbonyl (C=O) groups excluding carboxylic acids is 1. The van der Waals surface area contributed by atoms with Crippen molar-refractivity contribution in [2.45, 2.75) is 24.5 Å². The fraction of sp³-hybridized carbons (Fsp3) is 0.0200. The van der Waals surface area contributed by atoms with Crippen LogP contribution in [0, 0.1) is 11.6 Å². The number of aromatic carboxylic acids is 3. The van der Waals surface area contributed by atoms with Crippen molar-refractivity contribution in [1.82, 2.24) is 24.8 Å². The summed E-state index contributed by atoms with van der Waals surface area (Å²) in [7, 11) is -18.3. The molecule has 5 heterocycles. The Balaban J connectivity index is 0.000000137. The van der Waals surface area contributed by atoms with E-state index in [9.17, 15) is 90.5 Å². The number of phenols is 3. The fourth-order valence-electron chi connectivity index (χ4n) is 15.3. The number of hydrogen-bond acceptors (Lipinski definition) is 17. The Morgan fingerprint density at radius 2 is 0.541 bits per heavy atom. The van der Waals surface area contributed by atoms with Crippen LogP contribution in [0.1, 0.15) is 41.6 Å². The van der Waals surface area contributed by atoms with Crippen LogP contribution in [0.3, 0.4) is 0 Å². The molecule has 0 aliphatic heterocycles. The number of fused-ring (bicyclic) bond motifs is 5. The van der Waals surface area contributed by atoms with Gasteiger partial charge in [-0.15, -0.1) is 0 Å². The molecule has 5 aromatic heterocycles. The molecule has 6 N–H and O–H groups in total. The minimum atomic E-state index is -4.55. The average molecular weight is 2330 g/mol. The van der Waals surface area contributed by atoms with E-state index in [2.05, 4.69) is 0 Å². The molecule has 0 bridgehead atoms. The lowest BCUT2D eigenvalue weighted by Gasteiger charge is -2.15. The van der Waals surface area contributed by atoms with Gasteiger partial charge in [-0.1, -0.05) is 218 Å². The van der Waals surface area contributed by atoms with Gasteiger partial charge in [-0.3, -0.25) is 4.79 Å². The third-order valence-electron chi connectivity index (χ3n) is 21.9. The quantitative estimate of drug-likeness (QED) is 0.0465. The molecule has 0 aliphatic carbocycles. The van der Waals surface area contributed by atoms with Gasteiger partial charge < -0.3 is 35.5 Å². The smallest absolute Gasteiger partial charge is 0.353 e.